The number of hydrogen-bond acceptors (Lipinski definition) is 6. The third kappa shape index (κ3) is 7.43. The van der Waals surface area contributed by atoms with Crippen LogP contribution in [0.5, 0.6) is 17.2 Å². The standard InChI is InChI=1S/C25H34N2O5/c1-3-30-23-8-4-5-9-24(23)32-18-21(28)17-26(2)16-20-10-12-22(13-11-20)31-19-25(29)27-14-6-7-15-27/h4-5,8-13,21,28H,3,6-7,14-19H2,1-2H3. The summed E-state index contributed by atoms with van der Waals surface area (Å²) in [6, 6.07) is 15.2. The van der Waals surface area contributed by atoms with Crippen LogP contribution in [0.2, 0.25) is 0 Å². The SMILES string of the molecule is CCOc1ccccc1OCC(O)CN(C)Cc1ccc(OCC(=O)N2CCCC2)cc1. The van der Waals surface area contributed by atoms with E-state index in [1.54, 1.807) is 0 Å². The van der Waals surface area contributed by atoms with Gasteiger partial charge in [0.25, 0.3) is 5.91 Å². The smallest absolute Gasteiger partial charge is 0.260 e. The minimum Gasteiger partial charge on any atom is -0.490 e. The highest BCUT2D eigenvalue weighted by Gasteiger charge is 2.18. The van der Waals surface area contributed by atoms with Crippen molar-refractivity contribution in [3.05, 3.63) is 54.1 Å². The summed E-state index contributed by atoms with van der Waals surface area (Å²) < 4.78 is 16.9. The summed E-state index contributed by atoms with van der Waals surface area (Å²) in [5, 5.41) is 10.4. The second-order valence-electron chi connectivity index (χ2n) is 8.06. The van der Waals surface area contributed by atoms with Crippen LogP contribution < -0.4 is 14.2 Å². The lowest BCUT2D eigenvalue weighted by atomic mass is 10.2. The molecule has 174 valence electrons. The Morgan fingerprint density at radius 3 is 2.34 bits per heavy atom. The minimum absolute atomic E-state index is 0.0476. The van der Waals surface area contributed by atoms with Crippen molar-refractivity contribution in [2.75, 3.05) is 46.5 Å². The molecule has 1 amide bonds. The molecule has 1 N–H and O–H groups in total. The van der Waals surface area contributed by atoms with Gasteiger partial charge in [0.05, 0.1) is 6.61 Å². The van der Waals surface area contributed by atoms with Gasteiger partial charge in [0, 0.05) is 26.2 Å². The van der Waals surface area contributed by atoms with Gasteiger partial charge in [0.2, 0.25) is 0 Å². The number of benzene rings is 2. The summed E-state index contributed by atoms with van der Waals surface area (Å²) in [6.45, 7) is 5.58. The number of likely N-dealkylation sites (N-methyl/N-ethyl adjacent to an activating group) is 1. The number of carbonyl (C=O) groups excluding carboxylic acids is 1. The lowest BCUT2D eigenvalue weighted by molar-refractivity contribution is -0.132. The van der Waals surface area contributed by atoms with Gasteiger partial charge < -0.3 is 24.2 Å². The first kappa shape index (κ1) is 23.9. The molecule has 1 atom stereocenters. The molecule has 2 aromatic rings. The number of rotatable bonds is 12. The van der Waals surface area contributed by atoms with Gasteiger partial charge in [0.1, 0.15) is 18.5 Å². The fraction of sp³-hybridized carbons (Fsp3) is 0.480. The molecule has 2 aromatic carbocycles. The van der Waals surface area contributed by atoms with Crippen LogP contribution in [0.15, 0.2) is 48.5 Å². The molecule has 1 unspecified atom stereocenters. The maximum atomic E-state index is 12.1. The molecular formula is C25H34N2O5. The molecule has 1 aliphatic rings. The van der Waals surface area contributed by atoms with Gasteiger partial charge in [-0.3, -0.25) is 9.69 Å². The van der Waals surface area contributed by atoms with Crippen LogP contribution in [0.3, 0.4) is 0 Å². The van der Waals surface area contributed by atoms with Crippen LogP contribution in [-0.2, 0) is 11.3 Å². The van der Waals surface area contributed by atoms with Gasteiger partial charge in [-0.25, -0.2) is 0 Å². The molecular weight excluding hydrogens is 408 g/mol. The first-order chi connectivity index (χ1) is 15.5. The van der Waals surface area contributed by atoms with E-state index in [1.165, 1.54) is 0 Å². The predicted octanol–water partition coefficient (Wildman–Crippen LogP) is 2.96. The summed E-state index contributed by atoms with van der Waals surface area (Å²) in [7, 11) is 1.95. The van der Waals surface area contributed by atoms with E-state index in [9.17, 15) is 9.90 Å². The zero-order chi connectivity index (χ0) is 22.8. The highest BCUT2D eigenvalue weighted by atomic mass is 16.5. The van der Waals surface area contributed by atoms with Crippen molar-refractivity contribution < 1.29 is 24.1 Å². The van der Waals surface area contributed by atoms with Crippen molar-refractivity contribution in [1.82, 2.24) is 9.80 Å². The topological polar surface area (TPSA) is 71.5 Å². The average molecular weight is 443 g/mol. The summed E-state index contributed by atoms with van der Waals surface area (Å²) in [5.74, 6) is 2.05. The zero-order valence-corrected chi connectivity index (χ0v) is 19.0. The second-order valence-corrected chi connectivity index (χ2v) is 8.06. The van der Waals surface area contributed by atoms with Gasteiger partial charge in [0.15, 0.2) is 18.1 Å². The summed E-state index contributed by atoms with van der Waals surface area (Å²) in [4.78, 5) is 16.0. The van der Waals surface area contributed by atoms with Crippen LogP contribution in [0, 0.1) is 0 Å². The molecule has 0 radical (unpaired) electrons. The van der Waals surface area contributed by atoms with Crippen molar-refractivity contribution in [1.29, 1.82) is 0 Å². The number of hydrogen-bond donors (Lipinski definition) is 1. The number of likely N-dealkylation sites (tertiary alicyclic amines) is 1. The average Bonchev–Trinajstić information content (AvgIpc) is 3.33. The van der Waals surface area contributed by atoms with Crippen molar-refractivity contribution in [2.45, 2.75) is 32.4 Å². The Morgan fingerprint density at radius 2 is 1.69 bits per heavy atom. The highest BCUT2D eigenvalue weighted by Crippen LogP contribution is 2.26. The lowest BCUT2D eigenvalue weighted by Crippen LogP contribution is -2.32. The van der Waals surface area contributed by atoms with E-state index in [4.69, 9.17) is 14.2 Å². The molecule has 0 aliphatic carbocycles. The minimum atomic E-state index is -0.631. The number of aliphatic hydroxyl groups is 1. The first-order valence-corrected chi connectivity index (χ1v) is 11.3. The molecule has 32 heavy (non-hydrogen) atoms. The van der Waals surface area contributed by atoms with Crippen LogP contribution in [0.25, 0.3) is 0 Å². The zero-order valence-electron chi connectivity index (χ0n) is 19.0. The van der Waals surface area contributed by atoms with Crippen LogP contribution in [0.1, 0.15) is 25.3 Å². The molecule has 0 saturated carbocycles. The molecule has 1 saturated heterocycles. The molecule has 0 spiro atoms. The lowest BCUT2D eigenvalue weighted by Gasteiger charge is -2.21. The monoisotopic (exact) mass is 442 g/mol. The van der Waals surface area contributed by atoms with E-state index < -0.39 is 6.10 Å². The molecule has 7 heteroatoms. The van der Waals surface area contributed by atoms with E-state index in [-0.39, 0.29) is 19.1 Å². The number of para-hydroxylation sites is 2. The van der Waals surface area contributed by atoms with Crippen molar-refractivity contribution >= 4 is 5.91 Å². The fourth-order valence-electron chi connectivity index (χ4n) is 3.71. The Labute approximate surface area is 190 Å². The van der Waals surface area contributed by atoms with Gasteiger partial charge in [-0.15, -0.1) is 0 Å². The van der Waals surface area contributed by atoms with Crippen molar-refractivity contribution in [3.63, 3.8) is 0 Å². The maximum Gasteiger partial charge on any atom is 0.260 e. The van der Waals surface area contributed by atoms with Crippen LogP contribution in [0.4, 0.5) is 0 Å². The fourth-order valence-corrected chi connectivity index (χ4v) is 3.71. The van der Waals surface area contributed by atoms with E-state index in [1.807, 2.05) is 72.3 Å². The normalized spacial score (nSPS) is 14.4. The highest BCUT2D eigenvalue weighted by molar-refractivity contribution is 5.78. The Hall–Kier alpha value is -2.77. The number of aliphatic hydroxyl groups excluding tert-OH is 1. The van der Waals surface area contributed by atoms with Gasteiger partial charge >= 0.3 is 0 Å². The summed E-state index contributed by atoms with van der Waals surface area (Å²) in [6.07, 6.45) is 1.53. The number of nitrogens with zero attached hydrogens (tertiary/aromatic N) is 2. The number of ether oxygens (including phenoxy) is 3. The second kappa shape index (κ2) is 12.3. The largest absolute Gasteiger partial charge is 0.490 e. The Bertz CT molecular complexity index is 836. The third-order valence-electron chi connectivity index (χ3n) is 5.30. The molecule has 3 rings (SSSR count). The first-order valence-electron chi connectivity index (χ1n) is 11.3. The Kier molecular flexibility index (Phi) is 9.19. The molecule has 7 nitrogen and oxygen atoms in total. The van der Waals surface area contributed by atoms with Crippen molar-refractivity contribution in [2.24, 2.45) is 0 Å². The van der Waals surface area contributed by atoms with E-state index >= 15 is 0 Å². The Morgan fingerprint density at radius 1 is 1.03 bits per heavy atom. The molecule has 1 heterocycles. The summed E-state index contributed by atoms with van der Waals surface area (Å²) in [5.41, 5.74) is 1.10. The number of carbonyl (C=O) groups is 1. The summed E-state index contributed by atoms with van der Waals surface area (Å²) >= 11 is 0. The Balaban J connectivity index is 1.39. The van der Waals surface area contributed by atoms with E-state index in [2.05, 4.69) is 0 Å². The molecule has 0 bridgehead atoms. The predicted molar refractivity (Wildman–Crippen MR) is 123 cm³/mol. The van der Waals surface area contributed by atoms with Gasteiger partial charge in [-0.2, -0.15) is 0 Å². The van der Waals surface area contributed by atoms with Gasteiger partial charge in [-0.05, 0) is 56.6 Å². The van der Waals surface area contributed by atoms with E-state index in [0.29, 0.717) is 36.9 Å². The molecule has 0 aromatic heterocycles. The van der Waals surface area contributed by atoms with Crippen LogP contribution in [-0.4, -0.2) is 73.4 Å². The molecule has 1 fully saturated rings. The van der Waals surface area contributed by atoms with Crippen LogP contribution >= 0.6 is 0 Å². The number of amides is 1. The quantitative estimate of drug-likeness (QED) is 0.545. The maximum absolute atomic E-state index is 12.1. The van der Waals surface area contributed by atoms with Crippen molar-refractivity contribution in [3.8, 4) is 17.2 Å². The third-order valence-corrected chi connectivity index (χ3v) is 5.30. The van der Waals surface area contributed by atoms with Gasteiger partial charge in [-0.1, -0.05) is 24.3 Å². The molecule has 1 aliphatic heterocycles. The van der Waals surface area contributed by atoms with E-state index in [0.717, 1.165) is 31.5 Å².